The highest BCUT2D eigenvalue weighted by molar-refractivity contribution is 7.42. The van der Waals surface area contributed by atoms with Gasteiger partial charge in [-0.05, 0) is 0 Å². The monoisotopic (exact) mass is 414 g/mol. The first-order chi connectivity index (χ1) is 12.4. The van der Waals surface area contributed by atoms with Crippen molar-refractivity contribution in [2.45, 2.75) is 27.7 Å². The molecule has 154 valence electrons. The minimum absolute atomic E-state index is 0.0622. The third kappa shape index (κ3) is 9.65. The lowest BCUT2D eigenvalue weighted by Gasteiger charge is -2.32. The van der Waals surface area contributed by atoms with Crippen LogP contribution in [0.2, 0.25) is 0 Å². The van der Waals surface area contributed by atoms with Gasteiger partial charge in [-0.2, -0.15) is 0 Å². The Morgan fingerprint density at radius 1 is 0.577 bits per heavy atom. The average molecular weight is 414 g/mol. The average Bonchev–Trinajstić information content (AvgIpc) is 2.59. The maximum atomic E-state index is 5.53. The second-order valence-corrected chi connectivity index (χ2v) is 10.2. The second kappa shape index (κ2) is 11.5. The third-order valence-electron chi connectivity index (χ3n) is 3.46. The van der Waals surface area contributed by atoms with Crippen LogP contribution < -0.4 is 0 Å². The number of rotatable bonds is 11. The molecule has 0 aliphatic carbocycles. The molecule has 0 bridgehead atoms. The van der Waals surface area contributed by atoms with Gasteiger partial charge in [0.15, 0.2) is 0 Å². The Morgan fingerprint density at radius 3 is 1.23 bits per heavy atom. The van der Waals surface area contributed by atoms with E-state index in [1.54, 1.807) is 0 Å². The summed E-state index contributed by atoms with van der Waals surface area (Å²) in [6, 6.07) is 0. The van der Waals surface area contributed by atoms with Gasteiger partial charge in [0.05, 0.1) is 66.1 Å². The quantitative estimate of drug-likeness (QED) is 0.375. The van der Waals surface area contributed by atoms with Gasteiger partial charge in [0.2, 0.25) is 0 Å². The standard InChI is InChI=1S/C16H32O8P2/c1-15(2)11-21-25(22-12-15)19-9-7-17-5-6-18-8-10-20-26-23-13-16(3,4)14-24-26/h5-14H2,1-4H3. The maximum absolute atomic E-state index is 5.53. The molecule has 0 aromatic carbocycles. The molecule has 0 N–H and O–H groups in total. The SMILES string of the molecule is CC1(C)COP(OCCOCCOCCOP2OCC(C)(C)CO2)OC1. The lowest BCUT2D eigenvalue weighted by atomic mass is 9.97. The lowest BCUT2D eigenvalue weighted by Crippen LogP contribution is -2.28. The van der Waals surface area contributed by atoms with E-state index < -0.39 is 17.2 Å². The fraction of sp³-hybridized carbons (Fsp3) is 1.00. The Bertz CT molecular complexity index is 340. The molecule has 2 aliphatic heterocycles. The van der Waals surface area contributed by atoms with Crippen LogP contribution in [0.4, 0.5) is 0 Å². The fourth-order valence-electron chi connectivity index (χ4n) is 1.88. The van der Waals surface area contributed by atoms with Crippen molar-refractivity contribution in [3.63, 3.8) is 0 Å². The minimum Gasteiger partial charge on any atom is -0.377 e. The summed E-state index contributed by atoms with van der Waals surface area (Å²) in [6.07, 6.45) is 0. The minimum atomic E-state index is -1.23. The zero-order valence-corrected chi connectivity index (χ0v) is 18.0. The van der Waals surface area contributed by atoms with Crippen LogP contribution in [0.3, 0.4) is 0 Å². The molecule has 0 amide bonds. The van der Waals surface area contributed by atoms with Gasteiger partial charge in [0.25, 0.3) is 0 Å². The zero-order valence-electron chi connectivity index (χ0n) is 16.2. The van der Waals surface area contributed by atoms with Gasteiger partial charge in [-0.25, -0.2) is 0 Å². The molecule has 2 heterocycles. The highest BCUT2D eigenvalue weighted by atomic mass is 31.2. The Morgan fingerprint density at radius 2 is 0.885 bits per heavy atom. The normalized spacial score (nSPS) is 24.0. The van der Waals surface area contributed by atoms with Gasteiger partial charge in [0.1, 0.15) is 0 Å². The smallest absolute Gasteiger partial charge is 0.332 e. The second-order valence-electron chi connectivity index (χ2n) is 7.76. The third-order valence-corrected chi connectivity index (χ3v) is 5.61. The predicted molar refractivity (Wildman–Crippen MR) is 98.8 cm³/mol. The molecule has 0 radical (unpaired) electrons. The fourth-order valence-corrected chi connectivity index (χ4v) is 4.59. The highest BCUT2D eigenvalue weighted by Gasteiger charge is 2.30. The molecule has 2 saturated heterocycles. The first-order valence-corrected chi connectivity index (χ1v) is 11.1. The summed E-state index contributed by atoms with van der Waals surface area (Å²) in [5, 5.41) is 0. The molecular formula is C16H32O8P2. The van der Waals surface area contributed by atoms with Crippen molar-refractivity contribution in [1.29, 1.82) is 0 Å². The highest BCUT2D eigenvalue weighted by Crippen LogP contribution is 2.47. The molecule has 0 spiro atoms. The van der Waals surface area contributed by atoms with Crippen LogP contribution in [0.5, 0.6) is 0 Å². The Balaban J connectivity index is 1.32. The first kappa shape index (κ1) is 22.8. The topological polar surface area (TPSA) is 73.8 Å². The van der Waals surface area contributed by atoms with Crippen molar-refractivity contribution in [3.05, 3.63) is 0 Å². The van der Waals surface area contributed by atoms with Crippen LogP contribution in [-0.2, 0) is 36.6 Å². The molecule has 8 nitrogen and oxygen atoms in total. The molecule has 2 aliphatic rings. The van der Waals surface area contributed by atoms with Gasteiger partial charge < -0.3 is 36.6 Å². The molecule has 10 heteroatoms. The van der Waals surface area contributed by atoms with E-state index in [1.807, 2.05) is 0 Å². The van der Waals surface area contributed by atoms with E-state index in [4.69, 9.17) is 36.6 Å². The van der Waals surface area contributed by atoms with E-state index in [0.717, 1.165) is 0 Å². The Hall–Kier alpha value is 0.540. The van der Waals surface area contributed by atoms with Gasteiger partial charge in [-0.1, -0.05) is 27.7 Å². The van der Waals surface area contributed by atoms with E-state index in [1.165, 1.54) is 0 Å². The summed E-state index contributed by atoms with van der Waals surface area (Å²) in [6.45, 7) is 13.9. The molecule has 2 fully saturated rings. The largest absolute Gasteiger partial charge is 0.377 e. The Kier molecular flexibility index (Phi) is 10.1. The predicted octanol–water partition coefficient (Wildman–Crippen LogP) is 3.65. The van der Waals surface area contributed by atoms with Crippen LogP contribution >= 0.6 is 17.2 Å². The van der Waals surface area contributed by atoms with Crippen molar-refractivity contribution in [3.8, 4) is 0 Å². The van der Waals surface area contributed by atoms with Crippen molar-refractivity contribution in [1.82, 2.24) is 0 Å². The molecule has 0 aromatic heterocycles. The summed E-state index contributed by atoms with van der Waals surface area (Å²) in [4.78, 5) is 0. The summed E-state index contributed by atoms with van der Waals surface area (Å²) in [7, 11) is -2.45. The van der Waals surface area contributed by atoms with E-state index in [9.17, 15) is 0 Å². The molecular weight excluding hydrogens is 382 g/mol. The van der Waals surface area contributed by atoms with E-state index in [2.05, 4.69) is 27.7 Å². The van der Waals surface area contributed by atoms with Gasteiger partial charge in [-0.3, -0.25) is 0 Å². The van der Waals surface area contributed by atoms with Crippen LogP contribution in [0.15, 0.2) is 0 Å². The van der Waals surface area contributed by atoms with Gasteiger partial charge >= 0.3 is 17.2 Å². The van der Waals surface area contributed by atoms with E-state index in [-0.39, 0.29) is 10.8 Å². The Labute approximate surface area is 159 Å². The molecule has 0 atom stereocenters. The van der Waals surface area contributed by atoms with Crippen molar-refractivity contribution in [2.24, 2.45) is 10.8 Å². The van der Waals surface area contributed by atoms with Crippen LogP contribution in [0, 0.1) is 10.8 Å². The van der Waals surface area contributed by atoms with E-state index in [0.29, 0.717) is 66.1 Å². The van der Waals surface area contributed by atoms with E-state index >= 15 is 0 Å². The zero-order chi connectivity index (χ0) is 18.9. The van der Waals surface area contributed by atoms with Crippen molar-refractivity contribution >= 4 is 17.2 Å². The first-order valence-electron chi connectivity index (χ1n) is 8.90. The number of ether oxygens (including phenoxy) is 2. The summed E-state index contributed by atoms with van der Waals surface area (Å²) in [5.74, 6) is 0. The van der Waals surface area contributed by atoms with Crippen molar-refractivity contribution < 1.29 is 36.6 Å². The summed E-state index contributed by atoms with van der Waals surface area (Å²) < 4.78 is 44.1. The van der Waals surface area contributed by atoms with Crippen LogP contribution in [0.25, 0.3) is 0 Å². The molecule has 0 saturated carbocycles. The van der Waals surface area contributed by atoms with Gasteiger partial charge in [-0.15, -0.1) is 0 Å². The summed E-state index contributed by atoms with van der Waals surface area (Å²) in [5.41, 5.74) is 0.124. The lowest BCUT2D eigenvalue weighted by molar-refractivity contribution is -0.000534. The maximum Gasteiger partial charge on any atom is 0.332 e. The van der Waals surface area contributed by atoms with Crippen LogP contribution in [-0.4, -0.2) is 66.1 Å². The number of hydrogen-bond donors (Lipinski definition) is 0. The molecule has 26 heavy (non-hydrogen) atoms. The van der Waals surface area contributed by atoms with Crippen molar-refractivity contribution in [2.75, 3.05) is 66.1 Å². The van der Waals surface area contributed by atoms with Gasteiger partial charge in [0, 0.05) is 10.8 Å². The van der Waals surface area contributed by atoms with Crippen LogP contribution in [0.1, 0.15) is 27.7 Å². The molecule has 2 rings (SSSR count). The molecule has 0 aromatic rings. The number of hydrogen-bond acceptors (Lipinski definition) is 8. The summed E-state index contributed by atoms with van der Waals surface area (Å²) >= 11 is 0. The molecule has 0 unspecified atom stereocenters.